The molecular formula is C20H15BrClN3O2. The second-order valence-electron chi connectivity index (χ2n) is 5.86. The van der Waals surface area contributed by atoms with Crippen LogP contribution in [-0.4, -0.2) is 22.5 Å². The van der Waals surface area contributed by atoms with E-state index in [-0.39, 0.29) is 21.9 Å². The number of rotatable bonds is 5. The summed E-state index contributed by atoms with van der Waals surface area (Å²) in [4.78, 5) is 15.5. The Labute approximate surface area is 169 Å². The number of fused-ring (bicyclic) bond motifs is 1. The van der Waals surface area contributed by atoms with Crippen LogP contribution in [0.2, 0.25) is 5.02 Å². The molecule has 7 heteroatoms. The first-order valence-electron chi connectivity index (χ1n) is 8.12. The van der Waals surface area contributed by atoms with E-state index in [9.17, 15) is 15.2 Å². The van der Waals surface area contributed by atoms with Crippen molar-refractivity contribution in [1.29, 1.82) is 5.26 Å². The highest BCUT2D eigenvalue weighted by Gasteiger charge is 2.12. The summed E-state index contributed by atoms with van der Waals surface area (Å²) < 4.78 is 0.633. The second kappa shape index (κ2) is 8.30. The number of nitrogens with zero attached hydrogens (tertiary/aromatic N) is 1. The predicted molar refractivity (Wildman–Crippen MR) is 109 cm³/mol. The number of H-pyrrole nitrogens is 1. The molecule has 0 saturated carbocycles. The molecule has 0 bridgehead atoms. The van der Waals surface area contributed by atoms with Crippen molar-refractivity contribution in [3.05, 3.63) is 68.8 Å². The Morgan fingerprint density at radius 3 is 2.93 bits per heavy atom. The quantitative estimate of drug-likeness (QED) is 0.398. The van der Waals surface area contributed by atoms with Gasteiger partial charge >= 0.3 is 0 Å². The van der Waals surface area contributed by atoms with Crippen molar-refractivity contribution in [1.82, 2.24) is 10.3 Å². The standard InChI is InChI=1S/C20H15BrClN3O2/c21-15-8-13(19(26)17(22)9-15)7-14(10-23)20(27)24-6-5-12-11-25-18-4-2-1-3-16(12)18/h1-4,7-9,11,25-26H,5-6H2,(H,24,27)/b14-7+. The molecule has 0 aliphatic heterocycles. The number of nitrogens with one attached hydrogen (secondary N) is 2. The van der Waals surface area contributed by atoms with E-state index < -0.39 is 5.91 Å². The first-order chi connectivity index (χ1) is 13.0. The lowest BCUT2D eigenvalue weighted by molar-refractivity contribution is -0.117. The largest absolute Gasteiger partial charge is 0.506 e. The minimum Gasteiger partial charge on any atom is -0.506 e. The number of benzene rings is 2. The van der Waals surface area contributed by atoms with Crippen LogP contribution >= 0.6 is 27.5 Å². The van der Waals surface area contributed by atoms with Crippen molar-refractivity contribution >= 4 is 50.4 Å². The van der Waals surface area contributed by atoms with Crippen molar-refractivity contribution in [2.45, 2.75) is 6.42 Å². The van der Waals surface area contributed by atoms with Gasteiger partial charge in [-0.1, -0.05) is 45.7 Å². The van der Waals surface area contributed by atoms with Crippen LogP contribution in [0, 0.1) is 11.3 Å². The van der Waals surface area contributed by atoms with Crippen LogP contribution in [-0.2, 0) is 11.2 Å². The van der Waals surface area contributed by atoms with Gasteiger partial charge in [0.15, 0.2) is 0 Å². The average Bonchev–Trinajstić information content (AvgIpc) is 3.06. The predicted octanol–water partition coefficient (Wildman–Crippen LogP) is 4.56. The van der Waals surface area contributed by atoms with E-state index in [0.29, 0.717) is 17.4 Å². The summed E-state index contributed by atoms with van der Waals surface area (Å²) >= 11 is 9.19. The van der Waals surface area contributed by atoms with Crippen LogP contribution < -0.4 is 5.32 Å². The number of aromatic nitrogens is 1. The molecule has 0 unspecified atom stereocenters. The van der Waals surface area contributed by atoms with Crippen LogP contribution in [0.5, 0.6) is 5.75 Å². The molecule has 0 aliphatic rings. The van der Waals surface area contributed by atoms with E-state index in [0.717, 1.165) is 16.5 Å². The number of nitriles is 1. The van der Waals surface area contributed by atoms with E-state index in [2.05, 4.69) is 26.2 Å². The zero-order valence-electron chi connectivity index (χ0n) is 14.1. The van der Waals surface area contributed by atoms with E-state index in [1.54, 1.807) is 6.07 Å². The minimum absolute atomic E-state index is 0.113. The first-order valence-corrected chi connectivity index (χ1v) is 9.29. The van der Waals surface area contributed by atoms with Gasteiger partial charge in [0, 0.05) is 33.7 Å². The molecule has 0 atom stereocenters. The van der Waals surface area contributed by atoms with Crippen LogP contribution in [0.15, 0.2) is 52.6 Å². The Balaban J connectivity index is 1.70. The Bertz CT molecular complexity index is 1080. The Morgan fingerprint density at radius 1 is 1.37 bits per heavy atom. The molecule has 3 aromatic rings. The summed E-state index contributed by atoms with van der Waals surface area (Å²) in [6.07, 6.45) is 3.86. The van der Waals surface area contributed by atoms with E-state index in [1.807, 2.05) is 36.5 Å². The summed E-state index contributed by atoms with van der Waals surface area (Å²) in [5, 5.41) is 23.3. The van der Waals surface area contributed by atoms with E-state index >= 15 is 0 Å². The number of carbonyl (C=O) groups is 1. The maximum atomic E-state index is 12.3. The summed E-state index contributed by atoms with van der Waals surface area (Å²) in [7, 11) is 0. The summed E-state index contributed by atoms with van der Waals surface area (Å²) in [6.45, 7) is 0.380. The number of halogens is 2. The van der Waals surface area contributed by atoms with Crippen molar-refractivity contribution in [2.24, 2.45) is 0 Å². The van der Waals surface area contributed by atoms with Gasteiger partial charge in [0.1, 0.15) is 17.4 Å². The van der Waals surface area contributed by atoms with E-state index in [1.165, 1.54) is 12.1 Å². The molecule has 1 heterocycles. The number of phenols is 1. The third-order valence-electron chi connectivity index (χ3n) is 4.08. The molecule has 1 amide bonds. The molecule has 5 nitrogen and oxygen atoms in total. The molecule has 0 spiro atoms. The molecule has 2 aromatic carbocycles. The lowest BCUT2D eigenvalue weighted by Crippen LogP contribution is -2.26. The summed E-state index contributed by atoms with van der Waals surface area (Å²) in [6, 6.07) is 12.9. The lowest BCUT2D eigenvalue weighted by Gasteiger charge is -2.06. The van der Waals surface area contributed by atoms with Gasteiger partial charge < -0.3 is 15.4 Å². The zero-order valence-corrected chi connectivity index (χ0v) is 16.4. The number of aromatic hydroxyl groups is 1. The maximum Gasteiger partial charge on any atom is 0.261 e. The third kappa shape index (κ3) is 4.33. The lowest BCUT2D eigenvalue weighted by atomic mass is 10.1. The number of phenolic OH excluding ortho intramolecular Hbond substituents is 1. The van der Waals surface area contributed by atoms with Crippen molar-refractivity contribution in [3.8, 4) is 11.8 Å². The minimum atomic E-state index is -0.507. The normalized spacial score (nSPS) is 11.4. The fourth-order valence-electron chi connectivity index (χ4n) is 2.74. The zero-order chi connectivity index (χ0) is 19.4. The van der Waals surface area contributed by atoms with Gasteiger partial charge in [0.05, 0.1) is 5.02 Å². The molecule has 0 radical (unpaired) electrons. The Morgan fingerprint density at radius 2 is 2.15 bits per heavy atom. The fraction of sp³-hybridized carbons (Fsp3) is 0.100. The number of para-hydroxylation sites is 1. The molecule has 1 aromatic heterocycles. The third-order valence-corrected chi connectivity index (χ3v) is 4.82. The van der Waals surface area contributed by atoms with Gasteiger partial charge in [-0.15, -0.1) is 0 Å². The van der Waals surface area contributed by atoms with Crippen LogP contribution in [0.3, 0.4) is 0 Å². The Hall–Kier alpha value is -2.75. The second-order valence-corrected chi connectivity index (χ2v) is 7.18. The van der Waals surface area contributed by atoms with Gasteiger partial charge in [0.2, 0.25) is 0 Å². The molecule has 0 aliphatic carbocycles. The number of aromatic amines is 1. The number of hydrogen-bond donors (Lipinski definition) is 3. The van der Waals surface area contributed by atoms with Gasteiger partial charge in [-0.3, -0.25) is 4.79 Å². The molecule has 3 N–H and O–H groups in total. The van der Waals surface area contributed by atoms with Crippen molar-refractivity contribution in [3.63, 3.8) is 0 Å². The Kier molecular flexibility index (Phi) is 5.84. The smallest absolute Gasteiger partial charge is 0.261 e. The average molecular weight is 445 g/mol. The summed E-state index contributed by atoms with van der Waals surface area (Å²) in [5.41, 5.74) is 2.30. The highest BCUT2D eigenvalue weighted by atomic mass is 79.9. The maximum absolute atomic E-state index is 12.3. The molecule has 27 heavy (non-hydrogen) atoms. The first kappa shape index (κ1) is 19.0. The number of hydrogen-bond acceptors (Lipinski definition) is 3. The van der Waals surface area contributed by atoms with Crippen LogP contribution in [0.4, 0.5) is 0 Å². The highest BCUT2D eigenvalue weighted by Crippen LogP contribution is 2.32. The van der Waals surface area contributed by atoms with Crippen molar-refractivity contribution < 1.29 is 9.90 Å². The molecule has 0 saturated heterocycles. The number of amides is 1. The molecule has 0 fully saturated rings. The van der Waals surface area contributed by atoms with Crippen molar-refractivity contribution in [2.75, 3.05) is 6.54 Å². The topological polar surface area (TPSA) is 88.9 Å². The molecule has 3 rings (SSSR count). The SMILES string of the molecule is N#C/C(=C\c1cc(Br)cc(Cl)c1O)C(=O)NCCc1c[nH]c2ccccc12. The van der Waals surface area contributed by atoms with Gasteiger partial charge in [-0.2, -0.15) is 5.26 Å². The van der Waals surface area contributed by atoms with Gasteiger partial charge in [0.25, 0.3) is 5.91 Å². The monoisotopic (exact) mass is 443 g/mol. The summed E-state index contributed by atoms with van der Waals surface area (Å²) in [5.74, 6) is -0.688. The van der Waals surface area contributed by atoms with Gasteiger partial charge in [-0.25, -0.2) is 0 Å². The fourth-order valence-corrected chi connectivity index (χ4v) is 3.58. The van der Waals surface area contributed by atoms with Gasteiger partial charge in [-0.05, 0) is 36.3 Å². The van der Waals surface area contributed by atoms with Crippen LogP contribution in [0.1, 0.15) is 11.1 Å². The molecule has 136 valence electrons. The van der Waals surface area contributed by atoms with Crippen LogP contribution in [0.25, 0.3) is 17.0 Å². The molecular weight excluding hydrogens is 430 g/mol. The van der Waals surface area contributed by atoms with E-state index in [4.69, 9.17) is 11.6 Å². The number of carbonyl (C=O) groups excluding carboxylic acids is 1. The highest BCUT2D eigenvalue weighted by molar-refractivity contribution is 9.10.